The molecular formula is C14H19ClN2O2. The van der Waals surface area contributed by atoms with E-state index in [9.17, 15) is 4.79 Å². The van der Waals surface area contributed by atoms with Crippen molar-refractivity contribution in [2.75, 3.05) is 13.1 Å². The quantitative estimate of drug-likeness (QED) is 0.922. The number of halogens is 1. The van der Waals surface area contributed by atoms with Gasteiger partial charge in [-0.3, -0.25) is 4.79 Å². The molecule has 1 aliphatic heterocycles. The van der Waals surface area contributed by atoms with E-state index in [1.807, 2.05) is 13.0 Å². The highest BCUT2D eigenvalue weighted by molar-refractivity contribution is 6.30. The monoisotopic (exact) mass is 282 g/mol. The molecule has 0 bridgehead atoms. The summed E-state index contributed by atoms with van der Waals surface area (Å²) in [5.41, 5.74) is 6.73. The number of likely N-dealkylation sites (tertiary alicyclic amines) is 1. The van der Waals surface area contributed by atoms with Gasteiger partial charge in [-0.05, 0) is 44.0 Å². The fraction of sp³-hybridized carbons (Fsp3) is 0.500. The van der Waals surface area contributed by atoms with Crippen molar-refractivity contribution in [1.29, 1.82) is 0 Å². The van der Waals surface area contributed by atoms with Crippen LogP contribution in [0.5, 0.6) is 5.75 Å². The Bertz CT molecular complexity index is 479. The van der Waals surface area contributed by atoms with E-state index in [2.05, 4.69) is 0 Å². The third-order valence-corrected chi connectivity index (χ3v) is 3.56. The molecule has 1 aromatic carbocycles. The molecule has 0 aromatic heterocycles. The molecule has 2 unspecified atom stereocenters. The van der Waals surface area contributed by atoms with E-state index in [4.69, 9.17) is 22.1 Å². The minimum absolute atomic E-state index is 0.0118. The Morgan fingerprint density at radius 3 is 2.89 bits per heavy atom. The predicted octanol–water partition coefficient (Wildman–Crippen LogP) is 1.98. The van der Waals surface area contributed by atoms with Crippen molar-refractivity contribution in [3.8, 4) is 5.75 Å². The average Bonchev–Trinajstić information content (AvgIpc) is 2.78. The summed E-state index contributed by atoms with van der Waals surface area (Å²) in [6.07, 6.45) is 0.350. The van der Waals surface area contributed by atoms with Crippen molar-refractivity contribution in [3.05, 3.63) is 28.8 Å². The van der Waals surface area contributed by atoms with Gasteiger partial charge in [-0.25, -0.2) is 0 Å². The fourth-order valence-electron chi connectivity index (χ4n) is 2.23. The Balaban J connectivity index is 2.00. The fourth-order valence-corrected chi connectivity index (χ4v) is 2.46. The standard InChI is InChI=1S/C14H19ClN2O2/c1-9-7-11(15)3-4-13(9)19-10(2)14(18)17-6-5-12(16)8-17/h3-4,7,10,12H,5-6,8,16H2,1-2H3. The summed E-state index contributed by atoms with van der Waals surface area (Å²) in [7, 11) is 0. The highest BCUT2D eigenvalue weighted by atomic mass is 35.5. The lowest BCUT2D eigenvalue weighted by Gasteiger charge is -2.22. The molecule has 2 N–H and O–H groups in total. The van der Waals surface area contributed by atoms with Crippen LogP contribution in [0.2, 0.25) is 5.02 Å². The van der Waals surface area contributed by atoms with Crippen molar-refractivity contribution >= 4 is 17.5 Å². The van der Waals surface area contributed by atoms with Crippen LogP contribution < -0.4 is 10.5 Å². The van der Waals surface area contributed by atoms with E-state index < -0.39 is 6.10 Å². The third kappa shape index (κ3) is 3.39. The van der Waals surface area contributed by atoms with Gasteiger partial charge in [0, 0.05) is 24.2 Å². The predicted molar refractivity (Wildman–Crippen MR) is 75.5 cm³/mol. The number of hydrogen-bond acceptors (Lipinski definition) is 3. The summed E-state index contributed by atoms with van der Waals surface area (Å²) in [5, 5.41) is 0.661. The van der Waals surface area contributed by atoms with Crippen molar-refractivity contribution in [3.63, 3.8) is 0 Å². The first-order chi connectivity index (χ1) is 8.97. The van der Waals surface area contributed by atoms with E-state index in [-0.39, 0.29) is 11.9 Å². The minimum Gasteiger partial charge on any atom is -0.481 e. The van der Waals surface area contributed by atoms with Crippen molar-refractivity contribution in [1.82, 2.24) is 4.90 Å². The molecule has 0 spiro atoms. The molecule has 1 fully saturated rings. The van der Waals surface area contributed by atoms with E-state index in [1.54, 1.807) is 24.0 Å². The van der Waals surface area contributed by atoms with Gasteiger partial charge in [0.05, 0.1) is 0 Å². The SMILES string of the molecule is Cc1cc(Cl)ccc1OC(C)C(=O)N1CCC(N)C1. The van der Waals surface area contributed by atoms with Gasteiger partial charge < -0.3 is 15.4 Å². The second-order valence-electron chi connectivity index (χ2n) is 5.00. The molecule has 0 aliphatic carbocycles. The third-order valence-electron chi connectivity index (χ3n) is 3.32. The van der Waals surface area contributed by atoms with E-state index in [1.165, 1.54) is 0 Å². The maximum absolute atomic E-state index is 12.2. The molecule has 1 aromatic rings. The molecule has 19 heavy (non-hydrogen) atoms. The van der Waals surface area contributed by atoms with Gasteiger partial charge in [0.1, 0.15) is 5.75 Å². The van der Waals surface area contributed by atoms with Crippen LogP contribution in [0.4, 0.5) is 0 Å². The highest BCUT2D eigenvalue weighted by Crippen LogP contribution is 2.23. The first-order valence-corrected chi connectivity index (χ1v) is 6.82. The van der Waals surface area contributed by atoms with Crippen LogP contribution in [0.25, 0.3) is 0 Å². The Labute approximate surface area is 118 Å². The summed E-state index contributed by atoms with van der Waals surface area (Å²) >= 11 is 5.89. The second kappa shape index (κ2) is 5.80. The molecule has 0 radical (unpaired) electrons. The van der Waals surface area contributed by atoms with Crippen LogP contribution in [0.3, 0.4) is 0 Å². The molecule has 5 heteroatoms. The van der Waals surface area contributed by atoms with Crippen LogP contribution in [-0.4, -0.2) is 36.0 Å². The molecule has 1 heterocycles. The summed E-state index contributed by atoms with van der Waals surface area (Å²) in [5.74, 6) is 0.677. The molecule has 0 saturated carbocycles. The number of nitrogens with two attached hydrogens (primary N) is 1. The number of benzene rings is 1. The number of aryl methyl sites for hydroxylation is 1. The van der Waals surface area contributed by atoms with E-state index in [0.29, 0.717) is 23.9 Å². The molecule has 1 saturated heterocycles. The summed E-state index contributed by atoms with van der Waals surface area (Å²) in [4.78, 5) is 14.0. The number of rotatable bonds is 3. The van der Waals surface area contributed by atoms with Gasteiger partial charge in [-0.15, -0.1) is 0 Å². The first-order valence-electron chi connectivity index (χ1n) is 6.44. The van der Waals surface area contributed by atoms with E-state index >= 15 is 0 Å². The summed E-state index contributed by atoms with van der Waals surface area (Å²) in [6.45, 7) is 5.00. The van der Waals surface area contributed by atoms with Gasteiger partial charge in [-0.1, -0.05) is 11.6 Å². The van der Waals surface area contributed by atoms with Gasteiger partial charge in [0.25, 0.3) is 5.91 Å². The normalized spacial score (nSPS) is 20.4. The van der Waals surface area contributed by atoms with Crippen molar-refractivity contribution in [2.45, 2.75) is 32.4 Å². The maximum atomic E-state index is 12.2. The number of nitrogens with zero attached hydrogens (tertiary/aromatic N) is 1. The number of carbonyl (C=O) groups is 1. The van der Waals surface area contributed by atoms with Crippen LogP contribution in [-0.2, 0) is 4.79 Å². The zero-order chi connectivity index (χ0) is 14.0. The topological polar surface area (TPSA) is 55.6 Å². The smallest absolute Gasteiger partial charge is 0.263 e. The van der Waals surface area contributed by atoms with Gasteiger partial charge in [0.2, 0.25) is 0 Å². The Kier molecular flexibility index (Phi) is 4.32. The van der Waals surface area contributed by atoms with E-state index in [0.717, 1.165) is 12.0 Å². The minimum atomic E-state index is -0.509. The molecule has 1 aliphatic rings. The van der Waals surface area contributed by atoms with Crippen LogP contribution in [0, 0.1) is 6.92 Å². The van der Waals surface area contributed by atoms with Crippen LogP contribution in [0.1, 0.15) is 18.9 Å². The molecule has 4 nitrogen and oxygen atoms in total. The zero-order valence-electron chi connectivity index (χ0n) is 11.2. The number of hydrogen-bond donors (Lipinski definition) is 1. The largest absolute Gasteiger partial charge is 0.481 e. The average molecular weight is 283 g/mol. The van der Waals surface area contributed by atoms with Crippen molar-refractivity contribution in [2.24, 2.45) is 5.73 Å². The lowest BCUT2D eigenvalue weighted by molar-refractivity contribution is -0.136. The summed E-state index contributed by atoms with van der Waals surface area (Å²) in [6, 6.07) is 5.46. The molecular weight excluding hydrogens is 264 g/mol. The molecule has 1 amide bonds. The van der Waals surface area contributed by atoms with Gasteiger partial charge >= 0.3 is 0 Å². The van der Waals surface area contributed by atoms with Crippen LogP contribution >= 0.6 is 11.6 Å². The van der Waals surface area contributed by atoms with Crippen molar-refractivity contribution < 1.29 is 9.53 Å². The highest BCUT2D eigenvalue weighted by Gasteiger charge is 2.28. The zero-order valence-corrected chi connectivity index (χ0v) is 12.0. The number of carbonyl (C=O) groups excluding carboxylic acids is 1. The molecule has 104 valence electrons. The lowest BCUT2D eigenvalue weighted by Crippen LogP contribution is -2.40. The molecule has 2 atom stereocenters. The van der Waals surface area contributed by atoms with Gasteiger partial charge in [0.15, 0.2) is 6.10 Å². The summed E-state index contributed by atoms with van der Waals surface area (Å²) < 4.78 is 5.72. The lowest BCUT2D eigenvalue weighted by atomic mass is 10.2. The van der Waals surface area contributed by atoms with Gasteiger partial charge in [-0.2, -0.15) is 0 Å². The Morgan fingerprint density at radius 1 is 1.58 bits per heavy atom. The second-order valence-corrected chi connectivity index (χ2v) is 5.44. The number of amides is 1. The maximum Gasteiger partial charge on any atom is 0.263 e. The Hall–Kier alpha value is -1.26. The molecule has 2 rings (SSSR count). The number of ether oxygens (including phenoxy) is 1. The Morgan fingerprint density at radius 2 is 2.32 bits per heavy atom. The first kappa shape index (κ1) is 14.2. The van der Waals surface area contributed by atoms with Crippen LogP contribution in [0.15, 0.2) is 18.2 Å².